The van der Waals surface area contributed by atoms with Crippen LogP contribution in [0.25, 0.3) is 16.7 Å². The molecule has 4 heterocycles. The fourth-order valence-corrected chi connectivity index (χ4v) is 3.37. The van der Waals surface area contributed by atoms with Crippen molar-refractivity contribution in [2.45, 2.75) is 26.3 Å². The minimum atomic E-state index is -0.180. The van der Waals surface area contributed by atoms with Crippen LogP contribution >= 0.6 is 0 Å². The lowest BCUT2D eigenvalue weighted by molar-refractivity contribution is 0.0729. The summed E-state index contributed by atoms with van der Waals surface area (Å²) in [5.74, 6) is 0.565. The number of anilines is 1. The second-order valence-electron chi connectivity index (χ2n) is 7.24. The van der Waals surface area contributed by atoms with Gasteiger partial charge in [-0.25, -0.2) is 9.97 Å². The van der Waals surface area contributed by atoms with Crippen LogP contribution < -0.4 is 5.32 Å². The summed E-state index contributed by atoms with van der Waals surface area (Å²) in [4.78, 5) is 29.8. The molecule has 0 spiro atoms. The van der Waals surface area contributed by atoms with Gasteiger partial charge in [0.2, 0.25) is 0 Å². The molecule has 31 heavy (non-hydrogen) atoms. The molecular weight excluding hydrogens is 392 g/mol. The van der Waals surface area contributed by atoms with Crippen molar-refractivity contribution in [1.82, 2.24) is 34.8 Å². The summed E-state index contributed by atoms with van der Waals surface area (Å²) in [6.07, 6.45) is 5.66. The molecule has 1 unspecified atom stereocenters. The van der Waals surface area contributed by atoms with E-state index >= 15 is 0 Å². The van der Waals surface area contributed by atoms with Crippen molar-refractivity contribution >= 4 is 22.8 Å². The van der Waals surface area contributed by atoms with Gasteiger partial charge < -0.3 is 10.2 Å². The predicted molar refractivity (Wildman–Crippen MR) is 118 cm³/mol. The molecule has 0 aromatic carbocycles. The van der Waals surface area contributed by atoms with Gasteiger partial charge in [-0.15, -0.1) is 4.80 Å². The normalized spacial score (nSPS) is 12.0. The summed E-state index contributed by atoms with van der Waals surface area (Å²) in [6.45, 7) is 4.46. The molecule has 1 atom stereocenters. The van der Waals surface area contributed by atoms with Gasteiger partial charge in [0, 0.05) is 31.5 Å². The highest BCUT2D eigenvalue weighted by molar-refractivity contribution is 5.95. The van der Waals surface area contributed by atoms with Gasteiger partial charge in [0.15, 0.2) is 5.69 Å². The number of aromatic nitrogens is 6. The highest BCUT2D eigenvalue weighted by Crippen LogP contribution is 2.17. The van der Waals surface area contributed by atoms with Gasteiger partial charge in [-0.3, -0.25) is 9.78 Å². The van der Waals surface area contributed by atoms with Crippen LogP contribution in [0, 0.1) is 6.92 Å². The molecule has 1 amide bonds. The van der Waals surface area contributed by atoms with Gasteiger partial charge in [-0.2, -0.15) is 10.2 Å². The zero-order chi connectivity index (χ0) is 21.8. The van der Waals surface area contributed by atoms with Crippen molar-refractivity contribution in [1.29, 1.82) is 0 Å². The molecule has 0 bridgehead atoms. The van der Waals surface area contributed by atoms with E-state index in [1.165, 1.54) is 4.80 Å². The van der Waals surface area contributed by atoms with Crippen molar-refractivity contribution in [3.63, 3.8) is 0 Å². The molecule has 0 saturated heterocycles. The molecule has 1 N–H and O–H groups in total. The lowest BCUT2D eigenvalue weighted by atomic mass is 10.1. The molecule has 0 aliphatic heterocycles. The first-order valence-corrected chi connectivity index (χ1v) is 10.1. The number of rotatable bonds is 7. The molecule has 0 radical (unpaired) electrons. The molecule has 0 aliphatic carbocycles. The number of nitrogens with zero attached hydrogens (tertiary/aromatic N) is 7. The Morgan fingerprint density at radius 1 is 1.06 bits per heavy atom. The van der Waals surface area contributed by atoms with E-state index in [-0.39, 0.29) is 11.9 Å². The molecule has 4 aromatic heterocycles. The summed E-state index contributed by atoms with van der Waals surface area (Å²) in [6, 6.07) is 11.2. The van der Waals surface area contributed by atoms with Gasteiger partial charge >= 0.3 is 0 Å². The van der Waals surface area contributed by atoms with Crippen molar-refractivity contribution < 1.29 is 4.79 Å². The highest BCUT2D eigenvalue weighted by Gasteiger charge is 2.24. The second-order valence-corrected chi connectivity index (χ2v) is 7.24. The van der Waals surface area contributed by atoms with E-state index in [1.54, 1.807) is 30.5 Å². The average Bonchev–Trinajstić information content (AvgIpc) is 3.33. The number of hydrogen-bond donors (Lipinski definition) is 1. The average molecular weight is 416 g/mol. The molecule has 4 aromatic rings. The van der Waals surface area contributed by atoms with Crippen LogP contribution in [0.1, 0.15) is 29.5 Å². The number of nitrogens with one attached hydrogen (secondary N) is 1. The van der Waals surface area contributed by atoms with E-state index in [9.17, 15) is 4.79 Å². The minimum Gasteiger partial charge on any atom is -0.368 e. The van der Waals surface area contributed by atoms with Crippen molar-refractivity contribution in [3.8, 4) is 5.69 Å². The number of likely N-dealkylation sites (N-methyl/N-ethyl adjacent to an activating group) is 1. The van der Waals surface area contributed by atoms with E-state index in [0.29, 0.717) is 17.9 Å². The number of carbonyl (C=O) groups is 1. The number of carbonyl (C=O) groups excluding carboxylic acids is 1. The maximum absolute atomic E-state index is 13.3. The number of amides is 1. The van der Waals surface area contributed by atoms with Crippen LogP contribution in [-0.4, -0.2) is 60.4 Å². The van der Waals surface area contributed by atoms with E-state index in [2.05, 4.69) is 30.5 Å². The summed E-state index contributed by atoms with van der Waals surface area (Å²) in [7, 11) is 1.79. The number of pyridine rings is 3. The Hall–Kier alpha value is -3.88. The number of hydrogen-bond acceptors (Lipinski definition) is 7. The van der Waals surface area contributed by atoms with E-state index < -0.39 is 0 Å². The number of fused-ring (bicyclic) bond motifs is 1. The largest absolute Gasteiger partial charge is 0.368 e. The first-order chi connectivity index (χ1) is 15.1. The fourth-order valence-electron chi connectivity index (χ4n) is 3.37. The van der Waals surface area contributed by atoms with Crippen molar-refractivity contribution in [3.05, 3.63) is 66.4 Å². The standard InChI is InChI=1S/C22H24N8O/c1-4-16(14-24-20-10-8-17-18(28-20)6-5-11-23-17)29(3)22(31)21-19(9-7-15(2)27-21)30-25-12-13-26-30/h5-13,16H,4,14H2,1-3H3,(H,24,28). The summed E-state index contributed by atoms with van der Waals surface area (Å²) < 4.78 is 0. The van der Waals surface area contributed by atoms with Gasteiger partial charge in [-0.1, -0.05) is 6.92 Å². The van der Waals surface area contributed by atoms with Gasteiger partial charge in [0.1, 0.15) is 11.5 Å². The predicted octanol–water partition coefficient (Wildman–Crippen LogP) is 2.88. The monoisotopic (exact) mass is 416 g/mol. The van der Waals surface area contributed by atoms with Crippen LogP contribution in [0.15, 0.2) is 55.0 Å². The van der Waals surface area contributed by atoms with E-state index in [1.807, 2.05) is 50.2 Å². The van der Waals surface area contributed by atoms with Crippen LogP contribution in [0.5, 0.6) is 0 Å². The third-order valence-electron chi connectivity index (χ3n) is 5.16. The summed E-state index contributed by atoms with van der Waals surface area (Å²) in [5.41, 5.74) is 3.31. The van der Waals surface area contributed by atoms with E-state index in [4.69, 9.17) is 0 Å². The third kappa shape index (κ3) is 4.35. The molecule has 158 valence electrons. The van der Waals surface area contributed by atoms with Gasteiger partial charge in [0.25, 0.3) is 5.91 Å². The Kier molecular flexibility index (Phi) is 5.83. The number of aryl methyl sites for hydroxylation is 1. The molecule has 0 saturated carbocycles. The molecule has 0 aliphatic rings. The van der Waals surface area contributed by atoms with Gasteiger partial charge in [-0.05, 0) is 49.7 Å². The summed E-state index contributed by atoms with van der Waals surface area (Å²) in [5, 5.41) is 11.7. The van der Waals surface area contributed by atoms with Crippen molar-refractivity contribution in [2.75, 3.05) is 18.9 Å². The molecule has 9 nitrogen and oxygen atoms in total. The first kappa shape index (κ1) is 20.4. The zero-order valence-electron chi connectivity index (χ0n) is 17.7. The molecule has 9 heteroatoms. The highest BCUT2D eigenvalue weighted by atomic mass is 16.2. The molecule has 0 fully saturated rings. The summed E-state index contributed by atoms with van der Waals surface area (Å²) >= 11 is 0. The van der Waals surface area contributed by atoms with Crippen LogP contribution in [0.2, 0.25) is 0 Å². The second kappa shape index (κ2) is 8.86. The van der Waals surface area contributed by atoms with Crippen molar-refractivity contribution in [2.24, 2.45) is 0 Å². The Labute approximate surface area is 180 Å². The fraction of sp³-hybridized carbons (Fsp3) is 0.273. The lowest BCUT2D eigenvalue weighted by Crippen LogP contribution is -2.42. The third-order valence-corrected chi connectivity index (χ3v) is 5.16. The lowest BCUT2D eigenvalue weighted by Gasteiger charge is -2.28. The minimum absolute atomic E-state index is 0.0559. The van der Waals surface area contributed by atoms with Crippen LogP contribution in [0.4, 0.5) is 5.82 Å². The molecular formula is C22H24N8O. The zero-order valence-corrected chi connectivity index (χ0v) is 17.7. The quantitative estimate of drug-likeness (QED) is 0.494. The van der Waals surface area contributed by atoms with Crippen LogP contribution in [-0.2, 0) is 0 Å². The van der Waals surface area contributed by atoms with Gasteiger partial charge in [0.05, 0.1) is 23.4 Å². The SMILES string of the molecule is CCC(CNc1ccc2ncccc2n1)N(C)C(=O)c1nc(C)ccc1-n1nccn1. The Morgan fingerprint density at radius 2 is 1.87 bits per heavy atom. The van der Waals surface area contributed by atoms with Crippen LogP contribution in [0.3, 0.4) is 0 Å². The smallest absolute Gasteiger partial charge is 0.274 e. The maximum atomic E-state index is 13.3. The maximum Gasteiger partial charge on any atom is 0.274 e. The Bertz CT molecular complexity index is 1190. The topological polar surface area (TPSA) is 102 Å². The van der Waals surface area contributed by atoms with E-state index in [0.717, 1.165) is 29.0 Å². The Morgan fingerprint density at radius 3 is 2.65 bits per heavy atom. The first-order valence-electron chi connectivity index (χ1n) is 10.1. The Balaban J connectivity index is 1.52. The molecule has 4 rings (SSSR count).